The molecule has 6 heteroatoms. The lowest BCUT2D eigenvalue weighted by Gasteiger charge is -2.10. The van der Waals surface area contributed by atoms with Crippen LogP contribution < -0.4 is 5.32 Å². The van der Waals surface area contributed by atoms with Crippen molar-refractivity contribution in [2.24, 2.45) is 0 Å². The Labute approximate surface area is 157 Å². The number of nitrogens with zero attached hydrogens (tertiary/aromatic N) is 3. The lowest BCUT2D eigenvalue weighted by atomic mass is 10.0. The Hall–Kier alpha value is -2.60. The summed E-state index contributed by atoms with van der Waals surface area (Å²) in [6, 6.07) is 16.1. The molecule has 5 nitrogen and oxygen atoms in total. The Balaban J connectivity index is 1.63. The fraction of sp³-hybridized carbons (Fsp3) is 0.250. The van der Waals surface area contributed by atoms with Crippen LogP contribution in [0.5, 0.6) is 0 Å². The number of thioether (sulfide) groups is 1. The molecule has 1 heterocycles. The number of benzene rings is 2. The van der Waals surface area contributed by atoms with Crippen LogP contribution in [-0.2, 0) is 4.79 Å². The van der Waals surface area contributed by atoms with Crippen molar-refractivity contribution in [1.29, 1.82) is 0 Å². The number of amides is 1. The molecule has 0 aliphatic rings. The van der Waals surface area contributed by atoms with Crippen molar-refractivity contribution in [2.45, 2.75) is 31.8 Å². The number of hydrogen-bond acceptors (Lipinski definition) is 4. The second-order valence-corrected chi connectivity index (χ2v) is 7.38. The van der Waals surface area contributed by atoms with Gasteiger partial charge in [-0.1, -0.05) is 55.4 Å². The maximum Gasteiger partial charge on any atom is 0.234 e. The average Bonchev–Trinajstić information content (AvgIpc) is 3.09. The summed E-state index contributed by atoms with van der Waals surface area (Å²) < 4.78 is 1.89. The van der Waals surface area contributed by atoms with E-state index in [0.717, 1.165) is 11.4 Å². The van der Waals surface area contributed by atoms with Crippen LogP contribution in [0, 0.1) is 6.92 Å². The monoisotopic (exact) mass is 366 g/mol. The Morgan fingerprint density at radius 3 is 2.69 bits per heavy atom. The van der Waals surface area contributed by atoms with Gasteiger partial charge in [-0.2, -0.15) is 0 Å². The van der Waals surface area contributed by atoms with Crippen LogP contribution in [0.4, 0.5) is 5.69 Å². The number of carbonyl (C=O) groups excluding carboxylic acids is 1. The molecule has 2 aromatic carbocycles. The summed E-state index contributed by atoms with van der Waals surface area (Å²) in [5.41, 5.74) is 4.20. The van der Waals surface area contributed by atoms with Gasteiger partial charge in [0, 0.05) is 11.4 Å². The molecule has 26 heavy (non-hydrogen) atoms. The molecule has 0 bridgehead atoms. The Bertz CT molecular complexity index is 887. The predicted molar refractivity (Wildman–Crippen MR) is 106 cm³/mol. The minimum Gasteiger partial charge on any atom is -0.325 e. The van der Waals surface area contributed by atoms with Crippen molar-refractivity contribution in [3.63, 3.8) is 0 Å². The zero-order valence-corrected chi connectivity index (χ0v) is 16.0. The molecule has 0 saturated carbocycles. The van der Waals surface area contributed by atoms with Crippen LogP contribution in [-0.4, -0.2) is 26.4 Å². The fourth-order valence-electron chi connectivity index (χ4n) is 2.51. The maximum atomic E-state index is 12.3. The first-order chi connectivity index (χ1) is 12.5. The van der Waals surface area contributed by atoms with Crippen LogP contribution in [0.25, 0.3) is 5.69 Å². The molecule has 0 saturated heterocycles. The molecule has 134 valence electrons. The summed E-state index contributed by atoms with van der Waals surface area (Å²) in [4.78, 5) is 12.3. The average molecular weight is 366 g/mol. The topological polar surface area (TPSA) is 59.8 Å². The van der Waals surface area contributed by atoms with Crippen molar-refractivity contribution in [3.8, 4) is 5.69 Å². The molecule has 1 aromatic heterocycles. The van der Waals surface area contributed by atoms with Crippen molar-refractivity contribution in [1.82, 2.24) is 14.8 Å². The molecule has 0 spiro atoms. The van der Waals surface area contributed by atoms with Gasteiger partial charge in [0.1, 0.15) is 6.33 Å². The molecule has 1 amide bonds. The number of carbonyl (C=O) groups is 1. The Morgan fingerprint density at radius 2 is 1.96 bits per heavy atom. The van der Waals surface area contributed by atoms with Crippen molar-refractivity contribution in [2.75, 3.05) is 11.1 Å². The fourth-order valence-corrected chi connectivity index (χ4v) is 3.24. The standard InChI is InChI=1S/C20H22N4OS/c1-14(2)16-5-4-6-17(11-16)22-19(25)12-26-20-23-21-13-24(20)18-9-7-15(3)8-10-18/h4-11,13-14H,12H2,1-3H3,(H,22,25). The molecule has 0 unspecified atom stereocenters. The summed E-state index contributed by atoms with van der Waals surface area (Å²) in [7, 11) is 0. The highest BCUT2D eigenvalue weighted by atomic mass is 32.2. The number of aryl methyl sites for hydroxylation is 1. The summed E-state index contributed by atoms with van der Waals surface area (Å²) >= 11 is 1.37. The van der Waals surface area contributed by atoms with Crippen LogP contribution in [0.1, 0.15) is 30.9 Å². The smallest absolute Gasteiger partial charge is 0.234 e. The first-order valence-corrected chi connectivity index (χ1v) is 9.51. The molecular weight excluding hydrogens is 344 g/mol. The van der Waals surface area contributed by atoms with E-state index in [9.17, 15) is 4.79 Å². The Kier molecular flexibility index (Phi) is 5.73. The van der Waals surface area contributed by atoms with Gasteiger partial charge in [-0.25, -0.2) is 0 Å². The van der Waals surface area contributed by atoms with E-state index in [0.29, 0.717) is 11.1 Å². The van der Waals surface area contributed by atoms with E-state index < -0.39 is 0 Å². The lowest BCUT2D eigenvalue weighted by Crippen LogP contribution is -2.14. The number of nitrogens with one attached hydrogen (secondary N) is 1. The van der Waals surface area contributed by atoms with Gasteiger partial charge in [0.05, 0.1) is 5.75 Å². The molecule has 0 fully saturated rings. The van der Waals surface area contributed by atoms with E-state index >= 15 is 0 Å². The molecular formula is C20H22N4OS. The first kappa shape index (κ1) is 18.2. The highest BCUT2D eigenvalue weighted by Gasteiger charge is 2.11. The third-order valence-corrected chi connectivity index (χ3v) is 4.94. The largest absolute Gasteiger partial charge is 0.325 e. The van der Waals surface area contributed by atoms with Gasteiger partial charge in [0.15, 0.2) is 5.16 Å². The lowest BCUT2D eigenvalue weighted by molar-refractivity contribution is -0.113. The van der Waals surface area contributed by atoms with Crippen LogP contribution >= 0.6 is 11.8 Å². The first-order valence-electron chi connectivity index (χ1n) is 8.52. The molecule has 0 aliphatic carbocycles. The number of anilines is 1. The van der Waals surface area contributed by atoms with Gasteiger partial charge in [-0.3, -0.25) is 9.36 Å². The Morgan fingerprint density at radius 1 is 1.19 bits per heavy atom. The highest BCUT2D eigenvalue weighted by Crippen LogP contribution is 2.21. The minimum atomic E-state index is -0.0608. The van der Waals surface area contributed by atoms with E-state index in [4.69, 9.17) is 0 Å². The minimum absolute atomic E-state index is 0.0608. The molecule has 0 radical (unpaired) electrons. The van der Waals surface area contributed by atoms with E-state index in [-0.39, 0.29) is 11.7 Å². The van der Waals surface area contributed by atoms with E-state index in [2.05, 4.69) is 35.4 Å². The van der Waals surface area contributed by atoms with Crippen molar-refractivity contribution in [3.05, 3.63) is 66.0 Å². The second-order valence-electron chi connectivity index (χ2n) is 6.44. The quantitative estimate of drug-likeness (QED) is 0.656. The summed E-state index contributed by atoms with van der Waals surface area (Å²) in [6.07, 6.45) is 1.66. The molecule has 1 N–H and O–H groups in total. The second kappa shape index (κ2) is 8.19. The summed E-state index contributed by atoms with van der Waals surface area (Å²) in [5, 5.41) is 11.7. The number of hydrogen-bond donors (Lipinski definition) is 1. The summed E-state index contributed by atoms with van der Waals surface area (Å²) in [6.45, 7) is 6.31. The van der Waals surface area contributed by atoms with Gasteiger partial charge in [0.25, 0.3) is 0 Å². The van der Waals surface area contributed by atoms with Gasteiger partial charge in [-0.05, 0) is 42.7 Å². The van der Waals surface area contributed by atoms with Gasteiger partial charge >= 0.3 is 0 Å². The number of rotatable bonds is 6. The van der Waals surface area contributed by atoms with Crippen molar-refractivity contribution < 1.29 is 4.79 Å². The van der Waals surface area contributed by atoms with E-state index in [1.54, 1.807) is 6.33 Å². The predicted octanol–water partition coefficient (Wildman–Crippen LogP) is 4.43. The van der Waals surface area contributed by atoms with Crippen LogP contribution in [0.3, 0.4) is 0 Å². The molecule has 3 rings (SSSR count). The highest BCUT2D eigenvalue weighted by molar-refractivity contribution is 7.99. The maximum absolute atomic E-state index is 12.3. The van der Waals surface area contributed by atoms with Gasteiger partial charge in [-0.15, -0.1) is 10.2 Å². The summed E-state index contributed by atoms with van der Waals surface area (Å²) in [5.74, 6) is 0.639. The molecule has 0 aliphatic heterocycles. The van der Waals surface area contributed by atoms with E-state index in [1.807, 2.05) is 54.0 Å². The van der Waals surface area contributed by atoms with Crippen LogP contribution in [0.2, 0.25) is 0 Å². The van der Waals surface area contributed by atoms with E-state index in [1.165, 1.54) is 22.9 Å². The normalized spacial score (nSPS) is 10.9. The van der Waals surface area contributed by atoms with Crippen LogP contribution in [0.15, 0.2) is 60.0 Å². The zero-order valence-electron chi connectivity index (χ0n) is 15.1. The van der Waals surface area contributed by atoms with Crippen molar-refractivity contribution >= 4 is 23.4 Å². The molecule has 3 aromatic rings. The van der Waals surface area contributed by atoms with Gasteiger partial charge in [0.2, 0.25) is 5.91 Å². The third kappa shape index (κ3) is 4.52. The SMILES string of the molecule is Cc1ccc(-n2cnnc2SCC(=O)Nc2cccc(C(C)C)c2)cc1. The van der Waals surface area contributed by atoms with Gasteiger partial charge < -0.3 is 5.32 Å². The number of aromatic nitrogens is 3. The third-order valence-electron chi connectivity index (χ3n) is 4.00. The zero-order chi connectivity index (χ0) is 18.5. The molecule has 0 atom stereocenters.